The van der Waals surface area contributed by atoms with Gasteiger partial charge in [0.05, 0.1) is 5.69 Å². The summed E-state index contributed by atoms with van der Waals surface area (Å²) in [4.78, 5) is 27.5. The minimum atomic E-state index is -1.18. The van der Waals surface area contributed by atoms with Crippen LogP contribution in [0.2, 0.25) is 0 Å². The van der Waals surface area contributed by atoms with Crippen LogP contribution in [0.25, 0.3) is 4.96 Å². The molecule has 0 atom stereocenters. The molecule has 0 bridgehead atoms. The lowest BCUT2D eigenvalue weighted by Gasteiger charge is -2.07. The molecular formula is C17H17N5O4S. The van der Waals surface area contributed by atoms with Gasteiger partial charge in [-0.15, -0.1) is 0 Å². The molecule has 0 aliphatic rings. The summed E-state index contributed by atoms with van der Waals surface area (Å²) < 4.78 is 1.78. The monoisotopic (exact) mass is 387 g/mol. The van der Waals surface area contributed by atoms with Crippen LogP contribution in [0.4, 0.5) is 0 Å². The smallest absolute Gasteiger partial charge is 0.358 e. The largest absolute Gasteiger partial charge is 0.476 e. The van der Waals surface area contributed by atoms with Gasteiger partial charge in [0.25, 0.3) is 0 Å². The van der Waals surface area contributed by atoms with Gasteiger partial charge in [0.1, 0.15) is 20.0 Å². The number of carboxylic acids is 1. The predicted molar refractivity (Wildman–Crippen MR) is 100 cm³/mol. The van der Waals surface area contributed by atoms with Crippen molar-refractivity contribution >= 4 is 34.2 Å². The quantitative estimate of drug-likeness (QED) is 0.469. The lowest BCUT2D eigenvalue weighted by Crippen LogP contribution is -2.17. The molecule has 0 unspecified atom stereocenters. The molecule has 0 fully saturated rings. The molecule has 0 saturated carbocycles. The number of aromatic nitrogens is 3. The van der Waals surface area contributed by atoms with E-state index in [9.17, 15) is 9.90 Å². The van der Waals surface area contributed by atoms with Crippen LogP contribution >= 0.6 is 11.3 Å². The van der Waals surface area contributed by atoms with E-state index in [-0.39, 0.29) is 12.3 Å². The van der Waals surface area contributed by atoms with Crippen molar-refractivity contribution in [3.8, 4) is 0 Å². The number of hydrogen-bond donors (Lipinski definition) is 1. The molecule has 0 radical (unpaired) electrons. The van der Waals surface area contributed by atoms with Gasteiger partial charge in [0.2, 0.25) is 4.96 Å². The molecule has 0 aliphatic carbocycles. The molecule has 0 aliphatic heterocycles. The molecule has 1 N–H and O–H groups in total. The summed E-state index contributed by atoms with van der Waals surface area (Å²) in [6, 6.07) is 6.90. The van der Waals surface area contributed by atoms with Crippen LogP contribution in [0.15, 0.2) is 40.9 Å². The Kier molecular flexibility index (Phi) is 5.77. The summed E-state index contributed by atoms with van der Waals surface area (Å²) >= 11 is 1.56. The molecule has 0 saturated heterocycles. The Morgan fingerprint density at radius 1 is 1.41 bits per heavy atom. The summed E-state index contributed by atoms with van der Waals surface area (Å²) in [5.74, 6) is -1.18. The number of benzene rings is 1. The van der Waals surface area contributed by atoms with Crippen molar-refractivity contribution < 1.29 is 19.6 Å². The Balaban J connectivity index is 1.66. The molecule has 3 rings (SSSR count). The topological polar surface area (TPSA) is 111 Å². The average Bonchev–Trinajstić information content (AvgIpc) is 3.21. The number of oxime groups is 2. The van der Waals surface area contributed by atoms with E-state index >= 15 is 0 Å². The highest BCUT2D eigenvalue weighted by molar-refractivity contribution is 7.17. The van der Waals surface area contributed by atoms with Gasteiger partial charge in [-0.25, -0.2) is 14.3 Å². The number of fused-ring (bicyclic) bond motifs is 1. The van der Waals surface area contributed by atoms with Crippen LogP contribution in [0.5, 0.6) is 0 Å². The Labute approximate surface area is 158 Å². The third kappa shape index (κ3) is 4.11. The fraction of sp³-hybridized carbons (Fsp3) is 0.235. The minimum absolute atomic E-state index is 0.101. The van der Waals surface area contributed by atoms with Gasteiger partial charge < -0.3 is 14.8 Å². The maximum absolute atomic E-state index is 11.4. The van der Waals surface area contributed by atoms with Crippen molar-refractivity contribution in [2.75, 3.05) is 7.11 Å². The Morgan fingerprint density at radius 2 is 2.22 bits per heavy atom. The molecule has 10 heteroatoms. The molecule has 2 aromatic heterocycles. The summed E-state index contributed by atoms with van der Waals surface area (Å²) in [6.07, 6.45) is 3.70. The Morgan fingerprint density at radius 3 is 3.00 bits per heavy atom. The molecule has 27 heavy (non-hydrogen) atoms. The molecular weight excluding hydrogens is 370 g/mol. The van der Waals surface area contributed by atoms with Gasteiger partial charge in [0.15, 0.2) is 5.71 Å². The van der Waals surface area contributed by atoms with Gasteiger partial charge in [-0.1, -0.05) is 45.9 Å². The molecule has 140 valence electrons. The number of hydrogen-bond acceptors (Lipinski definition) is 8. The summed E-state index contributed by atoms with van der Waals surface area (Å²) in [5.41, 5.74) is 1.86. The van der Waals surface area contributed by atoms with Crippen LogP contribution in [-0.4, -0.2) is 44.7 Å². The highest BCUT2D eigenvalue weighted by Crippen LogP contribution is 2.20. The second kappa shape index (κ2) is 8.41. The van der Waals surface area contributed by atoms with Crippen molar-refractivity contribution in [2.45, 2.75) is 20.0 Å². The van der Waals surface area contributed by atoms with Crippen molar-refractivity contribution in [3.63, 3.8) is 0 Å². The van der Waals surface area contributed by atoms with Crippen molar-refractivity contribution in [2.24, 2.45) is 10.3 Å². The second-order valence-corrected chi connectivity index (χ2v) is 6.59. The first-order valence-corrected chi connectivity index (χ1v) is 8.78. The first-order valence-electron chi connectivity index (χ1n) is 7.96. The molecule has 0 spiro atoms. The van der Waals surface area contributed by atoms with Gasteiger partial charge in [0, 0.05) is 28.6 Å². The number of rotatable bonds is 8. The van der Waals surface area contributed by atoms with E-state index in [1.54, 1.807) is 46.3 Å². The number of carbonyl (C=O) groups is 1. The highest BCUT2D eigenvalue weighted by Gasteiger charge is 2.17. The maximum Gasteiger partial charge on any atom is 0.358 e. The van der Waals surface area contributed by atoms with Gasteiger partial charge >= 0.3 is 5.97 Å². The van der Waals surface area contributed by atoms with E-state index in [0.717, 1.165) is 15.5 Å². The lowest BCUT2D eigenvalue weighted by molar-refractivity contribution is -0.129. The first-order chi connectivity index (χ1) is 13.1. The minimum Gasteiger partial charge on any atom is -0.476 e. The standard InChI is InChI=1S/C17H17N5O4S/c1-11-14(22-17(27-11)18-10-19-22)7-8-20-26-9-12-5-3-4-6-13(12)15(16(23)24)21-25-2/h3-6,8,10H,7,9H2,1-2H3,(H,23,24). The number of aryl methyl sites for hydroxylation is 1. The third-order valence-electron chi connectivity index (χ3n) is 3.73. The zero-order chi connectivity index (χ0) is 19.2. The predicted octanol–water partition coefficient (Wildman–Crippen LogP) is 2.28. The summed E-state index contributed by atoms with van der Waals surface area (Å²) in [7, 11) is 1.30. The summed E-state index contributed by atoms with van der Waals surface area (Å²) in [6.45, 7) is 2.11. The van der Waals surface area contributed by atoms with Crippen LogP contribution in [-0.2, 0) is 27.5 Å². The van der Waals surface area contributed by atoms with Crippen LogP contribution in [0.3, 0.4) is 0 Å². The van der Waals surface area contributed by atoms with E-state index in [4.69, 9.17) is 4.84 Å². The summed E-state index contributed by atoms with van der Waals surface area (Å²) in [5, 5.41) is 21.0. The van der Waals surface area contributed by atoms with E-state index in [1.807, 2.05) is 6.92 Å². The zero-order valence-corrected chi connectivity index (χ0v) is 15.5. The van der Waals surface area contributed by atoms with Crippen LogP contribution in [0, 0.1) is 6.92 Å². The number of nitrogens with zero attached hydrogens (tertiary/aromatic N) is 5. The molecule has 0 amide bonds. The van der Waals surface area contributed by atoms with Crippen molar-refractivity contribution in [1.82, 2.24) is 14.6 Å². The van der Waals surface area contributed by atoms with Crippen LogP contribution in [0.1, 0.15) is 21.7 Å². The Hall–Kier alpha value is -3.27. The average molecular weight is 387 g/mol. The SMILES string of the molecule is CON=C(C(=O)O)c1ccccc1CON=CCc1c(C)sc2ncnn12. The number of aliphatic carboxylic acids is 1. The van der Waals surface area contributed by atoms with Crippen LogP contribution < -0.4 is 0 Å². The highest BCUT2D eigenvalue weighted by atomic mass is 32.1. The molecule has 3 aromatic rings. The molecule has 2 heterocycles. The number of thiazole rings is 1. The van der Waals surface area contributed by atoms with E-state index in [1.165, 1.54) is 13.4 Å². The maximum atomic E-state index is 11.4. The molecule has 9 nitrogen and oxygen atoms in total. The molecule has 1 aromatic carbocycles. The fourth-order valence-electron chi connectivity index (χ4n) is 2.52. The van der Waals surface area contributed by atoms with E-state index in [0.29, 0.717) is 17.5 Å². The van der Waals surface area contributed by atoms with Gasteiger partial charge in [-0.05, 0) is 6.92 Å². The van der Waals surface area contributed by atoms with Crippen molar-refractivity contribution in [3.05, 3.63) is 52.3 Å². The van der Waals surface area contributed by atoms with E-state index in [2.05, 4.69) is 25.2 Å². The van der Waals surface area contributed by atoms with Gasteiger partial charge in [-0.3, -0.25) is 0 Å². The zero-order valence-electron chi connectivity index (χ0n) is 14.7. The lowest BCUT2D eigenvalue weighted by atomic mass is 10.0. The first kappa shape index (κ1) is 18.5. The fourth-order valence-corrected chi connectivity index (χ4v) is 3.42. The normalized spacial score (nSPS) is 12.0. The second-order valence-electron chi connectivity index (χ2n) is 5.41. The van der Waals surface area contributed by atoms with Gasteiger partial charge in [-0.2, -0.15) is 5.10 Å². The van der Waals surface area contributed by atoms with E-state index < -0.39 is 5.97 Å². The number of carboxylic acid groups (broad SMARTS) is 1. The Bertz CT molecular complexity index is 1010. The van der Waals surface area contributed by atoms with Crippen molar-refractivity contribution in [1.29, 1.82) is 0 Å². The third-order valence-corrected chi connectivity index (χ3v) is 4.74.